The molecule has 5 N–H and O–H groups in total. The van der Waals surface area contributed by atoms with Crippen LogP contribution in [0.5, 0.6) is 5.88 Å². The van der Waals surface area contributed by atoms with E-state index in [4.69, 9.17) is 27.1 Å². The molecule has 3 atom stereocenters. The van der Waals surface area contributed by atoms with Gasteiger partial charge in [0.05, 0.1) is 17.8 Å². The molecular weight excluding hydrogens is 717 g/mol. The third-order valence-corrected chi connectivity index (χ3v) is 10.4. The van der Waals surface area contributed by atoms with E-state index < -0.39 is 17.6 Å². The molecule has 3 aromatic rings. The molecule has 1 heterocycles. The molecule has 9 nitrogen and oxygen atoms in total. The number of halogens is 2. The standard InChI is InChI=1S/C29H30ClFN4O3.C13H27NO.C2H6/c1-15-8-9-17-14-23(35-29(38-4)24(15)17)19-10-11-21(31)25(26(19)30)18-6-5-7-22(16(18)2)34-28(37)20(12-13-32)27(36)33-3;1-6-11(5)8-9-12(7-2)14-13(15)10(3)4;1-2/h5-7,10-12,14-15H,8-9,13,32H2,1-4H3,(H,33,36)(H,34,37);10-12H,6-9H2,1-5H3,(H,14,15);1-2H3/b20-12+;;. The largest absolute Gasteiger partial charge is 0.481 e. The predicted octanol–water partition coefficient (Wildman–Crippen LogP) is 9.53. The number of nitrogens with one attached hydrogen (secondary N) is 3. The summed E-state index contributed by atoms with van der Waals surface area (Å²) in [6, 6.07) is 10.4. The van der Waals surface area contributed by atoms with E-state index in [0.717, 1.165) is 42.7 Å². The van der Waals surface area contributed by atoms with Crippen molar-refractivity contribution in [3.8, 4) is 28.3 Å². The van der Waals surface area contributed by atoms with Gasteiger partial charge in [0.25, 0.3) is 11.8 Å². The monoisotopic (exact) mass is 779 g/mol. The summed E-state index contributed by atoms with van der Waals surface area (Å²) in [5.74, 6) is 0.270. The van der Waals surface area contributed by atoms with Crippen molar-refractivity contribution in [1.82, 2.24) is 15.6 Å². The summed E-state index contributed by atoms with van der Waals surface area (Å²) in [7, 11) is 3.02. The lowest BCUT2D eigenvalue weighted by Gasteiger charge is -2.20. The van der Waals surface area contributed by atoms with Crippen LogP contribution in [-0.2, 0) is 20.8 Å². The summed E-state index contributed by atoms with van der Waals surface area (Å²) in [5, 5.41) is 8.47. The molecule has 1 aliphatic carbocycles. The van der Waals surface area contributed by atoms with E-state index in [0.29, 0.717) is 45.9 Å². The van der Waals surface area contributed by atoms with Crippen molar-refractivity contribution in [1.29, 1.82) is 0 Å². The number of likely N-dealkylation sites (N-methyl/N-ethyl adjacent to an activating group) is 1. The predicted molar refractivity (Wildman–Crippen MR) is 225 cm³/mol. The van der Waals surface area contributed by atoms with Gasteiger partial charge in [0, 0.05) is 47.9 Å². The first-order chi connectivity index (χ1) is 26.2. The number of nitrogens with two attached hydrogens (primary N) is 1. The average molecular weight is 780 g/mol. The third kappa shape index (κ3) is 12.4. The van der Waals surface area contributed by atoms with Crippen LogP contribution in [0, 0.1) is 24.6 Å². The van der Waals surface area contributed by atoms with Gasteiger partial charge in [0.2, 0.25) is 11.8 Å². The fraction of sp³-hybridized carbons (Fsp3) is 0.500. The molecule has 0 fully saturated rings. The molecule has 55 heavy (non-hydrogen) atoms. The summed E-state index contributed by atoms with van der Waals surface area (Å²) in [4.78, 5) is 41.2. The average Bonchev–Trinajstić information content (AvgIpc) is 3.56. The van der Waals surface area contributed by atoms with Crippen LogP contribution in [0.25, 0.3) is 22.4 Å². The number of aryl methyl sites for hydroxylation is 1. The van der Waals surface area contributed by atoms with Crippen LogP contribution in [0.2, 0.25) is 5.02 Å². The number of aromatic nitrogens is 1. The number of ether oxygens (including phenoxy) is 1. The van der Waals surface area contributed by atoms with Crippen molar-refractivity contribution in [3.05, 3.63) is 75.6 Å². The van der Waals surface area contributed by atoms with Crippen molar-refractivity contribution in [2.45, 2.75) is 113 Å². The van der Waals surface area contributed by atoms with Gasteiger partial charge in [-0.3, -0.25) is 14.4 Å². The van der Waals surface area contributed by atoms with E-state index in [1.54, 1.807) is 38.3 Å². The minimum absolute atomic E-state index is 0.0171. The number of benzene rings is 2. The molecule has 1 aliphatic rings. The van der Waals surface area contributed by atoms with Crippen LogP contribution < -0.4 is 26.4 Å². The second-order valence-electron chi connectivity index (χ2n) is 14.0. The van der Waals surface area contributed by atoms with Gasteiger partial charge in [-0.15, -0.1) is 0 Å². The molecule has 0 radical (unpaired) electrons. The van der Waals surface area contributed by atoms with Gasteiger partial charge in [-0.2, -0.15) is 0 Å². The quantitative estimate of drug-likeness (QED) is 0.0732. The molecule has 0 saturated carbocycles. The zero-order valence-electron chi connectivity index (χ0n) is 34.7. The van der Waals surface area contributed by atoms with Crippen molar-refractivity contribution >= 4 is 35.0 Å². The van der Waals surface area contributed by atoms with Gasteiger partial charge in [-0.1, -0.05) is 91.6 Å². The number of pyridine rings is 1. The minimum atomic E-state index is -0.626. The number of methoxy groups -OCH3 is 1. The molecule has 302 valence electrons. The summed E-state index contributed by atoms with van der Waals surface area (Å²) >= 11 is 6.86. The van der Waals surface area contributed by atoms with Crippen molar-refractivity contribution in [2.75, 3.05) is 26.0 Å². The molecule has 0 aliphatic heterocycles. The van der Waals surface area contributed by atoms with E-state index >= 15 is 4.39 Å². The maximum absolute atomic E-state index is 15.3. The number of nitrogens with zero attached hydrogens (tertiary/aromatic N) is 1. The maximum atomic E-state index is 15.3. The molecular formula is C44H63ClFN5O4. The lowest BCUT2D eigenvalue weighted by atomic mass is 9.95. The lowest BCUT2D eigenvalue weighted by Crippen LogP contribution is -2.37. The Morgan fingerprint density at radius 2 is 1.75 bits per heavy atom. The highest BCUT2D eigenvalue weighted by atomic mass is 35.5. The number of carbonyl (C=O) groups is 3. The normalized spacial score (nSPS) is 14.4. The number of hydrogen-bond donors (Lipinski definition) is 4. The van der Waals surface area contributed by atoms with Crippen LogP contribution in [-0.4, -0.2) is 49.4 Å². The summed E-state index contributed by atoms with van der Waals surface area (Å²) < 4.78 is 20.9. The van der Waals surface area contributed by atoms with E-state index in [9.17, 15) is 14.4 Å². The fourth-order valence-electron chi connectivity index (χ4n) is 6.33. The zero-order chi connectivity index (χ0) is 41.4. The van der Waals surface area contributed by atoms with E-state index in [1.165, 1.54) is 32.0 Å². The Labute approximate surface area is 333 Å². The Hall–Kier alpha value is -4.28. The van der Waals surface area contributed by atoms with Gasteiger partial charge in [0.1, 0.15) is 11.4 Å². The molecule has 3 unspecified atom stereocenters. The SMILES string of the molecule is CC.CCC(C)CCC(CC)NC(=O)C(C)C.CNC(=O)/C(=C\CN)C(=O)Nc1cccc(-c2c(F)ccc(-c3cc4c(c(OC)n3)C(C)CC4)c2Cl)c1C. The lowest BCUT2D eigenvalue weighted by molar-refractivity contribution is -0.125. The second-order valence-corrected chi connectivity index (χ2v) is 14.4. The smallest absolute Gasteiger partial charge is 0.260 e. The summed E-state index contributed by atoms with van der Waals surface area (Å²) in [6.45, 7) is 18.4. The molecule has 0 saturated heterocycles. The number of hydrogen-bond acceptors (Lipinski definition) is 6. The third-order valence-electron chi connectivity index (χ3n) is 9.97. The first-order valence-corrected chi connectivity index (χ1v) is 20.0. The summed E-state index contributed by atoms with van der Waals surface area (Å²) in [5.41, 5.74) is 10.5. The number of amides is 3. The Balaban J connectivity index is 0.000000519. The molecule has 4 rings (SSSR count). The highest BCUT2D eigenvalue weighted by Crippen LogP contribution is 2.44. The molecule has 0 spiro atoms. The zero-order valence-corrected chi connectivity index (χ0v) is 35.5. The second kappa shape index (κ2) is 22.9. The van der Waals surface area contributed by atoms with E-state index in [-0.39, 0.29) is 34.5 Å². The van der Waals surface area contributed by atoms with Crippen LogP contribution in [0.1, 0.15) is 110 Å². The highest BCUT2D eigenvalue weighted by molar-refractivity contribution is 6.36. The van der Waals surface area contributed by atoms with Crippen LogP contribution in [0.4, 0.5) is 10.1 Å². The van der Waals surface area contributed by atoms with Crippen molar-refractivity contribution in [2.24, 2.45) is 17.6 Å². The van der Waals surface area contributed by atoms with Gasteiger partial charge < -0.3 is 26.4 Å². The van der Waals surface area contributed by atoms with Gasteiger partial charge >= 0.3 is 0 Å². The fourth-order valence-corrected chi connectivity index (χ4v) is 6.68. The van der Waals surface area contributed by atoms with Crippen molar-refractivity contribution in [3.63, 3.8) is 0 Å². The Bertz CT molecular complexity index is 1790. The van der Waals surface area contributed by atoms with Gasteiger partial charge in [-0.25, -0.2) is 9.37 Å². The molecule has 1 aromatic heterocycles. The van der Waals surface area contributed by atoms with Crippen molar-refractivity contribution < 1.29 is 23.5 Å². The van der Waals surface area contributed by atoms with Gasteiger partial charge in [0.15, 0.2) is 0 Å². The highest BCUT2D eigenvalue weighted by Gasteiger charge is 2.27. The molecule has 0 bridgehead atoms. The first kappa shape index (κ1) is 46.9. The number of carbonyl (C=O) groups excluding carboxylic acids is 3. The van der Waals surface area contributed by atoms with Gasteiger partial charge in [-0.05, 0) is 91.8 Å². The maximum Gasteiger partial charge on any atom is 0.260 e. The topological polar surface area (TPSA) is 135 Å². The Morgan fingerprint density at radius 3 is 2.33 bits per heavy atom. The van der Waals surface area contributed by atoms with Crippen LogP contribution in [0.15, 0.2) is 48.0 Å². The molecule has 2 aromatic carbocycles. The van der Waals surface area contributed by atoms with E-state index in [1.807, 2.05) is 33.8 Å². The van der Waals surface area contributed by atoms with E-state index in [2.05, 4.69) is 43.6 Å². The molecule has 11 heteroatoms. The minimum Gasteiger partial charge on any atom is -0.481 e. The molecule has 3 amide bonds. The Kier molecular flexibility index (Phi) is 19.6. The number of rotatable bonds is 14. The Morgan fingerprint density at radius 1 is 1.05 bits per heavy atom. The summed E-state index contributed by atoms with van der Waals surface area (Å²) in [6.07, 6.45) is 7.86. The van der Waals surface area contributed by atoms with Crippen LogP contribution in [0.3, 0.4) is 0 Å². The van der Waals surface area contributed by atoms with Crippen LogP contribution >= 0.6 is 11.6 Å². The number of anilines is 1. The first-order valence-electron chi connectivity index (χ1n) is 19.6. The number of fused-ring (bicyclic) bond motifs is 1.